The molecule has 0 aliphatic rings. The Kier molecular flexibility index (Phi) is 7.37. The molecular weight excluding hydrogens is 184 g/mol. The Labute approximate surface area is 84.6 Å². The molecule has 0 heterocycles. The Bertz CT molecular complexity index is 164. The number of aliphatic hydroxyl groups is 1. The minimum Gasteiger partial charge on any atom is -0.389 e. The molecule has 0 fully saturated rings. The highest BCUT2D eigenvalue weighted by Crippen LogP contribution is 1.90. The molecule has 5 nitrogen and oxygen atoms in total. The molecule has 0 aromatic rings. The van der Waals surface area contributed by atoms with Gasteiger partial charge >= 0.3 is 0 Å². The maximum absolute atomic E-state index is 10.5. The molecule has 0 radical (unpaired) electrons. The highest BCUT2D eigenvalue weighted by atomic mass is 16.5. The predicted molar refractivity (Wildman–Crippen MR) is 53.8 cm³/mol. The summed E-state index contributed by atoms with van der Waals surface area (Å²) in [4.78, 5) is 10.5. The molecule has 5 heteroatoms. The Hall–Kier alpha value is -0.650. The number of rotatable bonds is 8. The van der Waals surface area contributed by atoms with Gasteiger partial charge in [0.05, 0.1) is 12.7 Å². The van der Waals surface area contributed by atoms with Gasteiger partial charge in [0.25, 0.3) is 0 Å². The monoisotopic (exact) mass is 204 g/mol. The molecule has 0 aliphatic heterocycles. The van der Waals surface area contributed by atoms with Gasteiger partial charge in [-0.3, -0.25) is 4.79 Å². The van der Waals surface area contributed by atoms with Gasteiger partial charge in [0, 0.05) is 25.6 Å². The Morgan fingerprint density at radius 2 is 2.29 bits per heavy atom. The van der Waals surface area contributed by atoms with E-state index in [1.165, 1.54) is 0 Å². The molecule has 2 atom stereocenters. The van der Waals surface area contributed by atoms with Crippen molar-refractivity contribution in [1.82, 2.24) is 5.32 Å². The van der Waals surface area contributed by atoms with E-state index in [4.69, 9.17) is 10.5 Å². The van der Waals surface area contributed by atoms with Crippen LogP contribution in [-0.2, 0) is 9.53 Å². The van der Waals surface area contributed by atoms with Gasteiger partial charge in [0.15, 0.2) is 0 Å². The van der Waals surface area contributed by atoms with Crippen LogP contribution in [0.4, 0.5) is 0 Å². The molecule has 0 saturated heterocycles. The van der Waals surface area contributed by atoms with Crippen molar-refractivity contribution in [1.29, 1.82) is 0 Å². The molecule has 2 unspecified atom stereocenters. The first kappa shape index (κ1) is 13.4. The van der Waals surface area contributed by atoms with Crippen molar-refractivity contribution in [3.63, 3.8) is 0 Å². The third-order valence-electron chi connectivity index (χ3n) is 1.72. The molecule has 4 N–H and O–H groups in total. The Morgan fingerprint density at radius 3 is 2.79 bits per heavy atom. The molecule has 0 aromatic carbocycles. The van der Waals surface area contributed by atoms with Crippen LogP contribution in [-0.4, -0.2) is 42.9 Å². The molecule has 0 bridgehead atoms. The lowest BCUT2D eigenvalue weighted by Crippen LogP contribution is -2.38. The van der Waals surface area contributed by atoms with Crippen LogP contribution in [0.2, 0.25) is 0 Å². The zero-order chi connectivity index (χ0) is 11.0. The van der Waals surface area contributed by atoms with Crippen LogP contribution in [0, 0.1) is 0 Å². The molecule has 1 amide bonds. The number of ether oxygens (including phenoxy) is 1. The van der Waals surface area contributed by atoms with Crippen LogP contribution in [0.3, 0.4) is 0 Å². The van der Waals surface area contributed by atoms with E-state index in [1.807, 2.05) is 13.8 Å². The first-order valence-corrected chi connectivity index (χ1v) is 4.83. The average Bonchev–Trinajstić information content (AvgIpc) is 2.10. The molecule has 0 aromatic heterocycles. The fraction of sp³-hybridized carbons (Fsp3) is 0.889. The number of aliphatic hydroxyl groups excluding tert-OH is 1. The van der Waals surface area contributed by atoms with Crippen molar-refractivity contribution in [3.05, 3.63) is 0 Å². The maximum Gasteiger partial charge on any atom is 0.218 e. The van der Waals surface area contributed by atoms with E-state index < -0.39 is 6.10 Å². The van der Waals surface area contributed by atoms with Crippen LogP contribution >= 0.6 is 0 Å². The van der Waals surface area contributed by atoms with Crippen LogP contribution < -0.4 is 11.1 Å². The highest BCUT2D eigenvalue weighted by molar-refractivity contribution is 5.74. The number of hydrogen-bond acceptors (Lipinski definition) is 4. The predicted octanol–water partition coefficient (Wildman–Crippen LogP) is -0.763. The zero-order valence-corrected chi connectivity index (χ0v) is 8.82. The number of carbonyl (C=O) groups is 1. The second kappa shape index (κ2) is 7.73. The average molecular weight is 204 g/mol. The number of amides is 1. The maximum atomic E-state index is 10.5. The van der Waals surface area contributed by atoms with Gasteiger partial charge in [-0.25, -0.2) is 0 Å². The van der Waals surface area contributed by atoms with Gasteiger partial charge in [-0.15, -0.1) is 0 Å². The summed E-state index contributed by atoms with van der Waals surface area (Å²) in [7, 11) is 0. The number of nitrogens with two attached hydrogens (primary N) is 1. The molecule has 0 saturated carbocycles. The lowest BCUT2D eigenvalue weighted by atomic mass is 10.2. The summed E-state index contributed by atoms with van der Waals surface area (Å²) in [6, 6.07) is -0.0104. The first-order chi connectivity index (χ1) is 6.56. The second-order valence-corrected chi connectivity index (χ2v) is 3.29. The fourth-order valence-electron chi connectivity index (χ4n) is 1.02. The number of nitrogens with one attached hydrogen (secondary N) is 1. The lowest BCUT2D eigenvalue weighted by molar-refractivity contribution is -0.118. The third-order valence-corrected chi connectivity index (χ3v) is 1.72. The quantitative estimate of drug-likeness (QED) is 0.485. The molecular formula is C9H20N2O3. The third kappa shape index (κ3) is 7.97. The van der Waals surface area contributed by atoms with Crippen LogP contribution in [0.1, 0.15) is 20.3 Å². The van der Waals surface area contributed by atoms with E-state index in [1.54, 1.807) is 0 Å². The van der Waals surface area contributed by atoms with E-state index in [2.05, 4.69) is 5.32 Å². The van der Waals surface area contributed by atoms with Gasteiger partial charge in [0.1, 0.15) is 0 Å². The van der Waals surface area contributed by atoms with Gasteiger partial charge in [-0.1, -0.05) is 0 Å². The topological polar surface area (TPSA) is 84.6 Å². The fourth-order valence-corrected chi connectivity index (χ4v) is 1.02. The lowest BCUT2D eigenvalue weighted by Gasteiger charge is -2.15. The number of primary amides is 1. The summed E-state index contributed by atoms with van der Waals surface area (Å²) in [6.07, 6.45) is -0.258. The largest absolute Gasteiger partial charge is 0.389 e. The summed E-state index contributed by atoms with van der Waals surface area (Å²) >= 11 is 0. The minimum absolute atomic E-state index is 0.0104. The molecule has 14 heavy (non-hydrogen) atoms. The van der Waals surface area contributed by atoms with Crippen LogP contribution in [0.15, 0.2) is 0 Å². The molecule has 0 aliphatic carbocycles. The van der Waals surface area contributed by atoms with E-state index in [0.29, 0.717) is 19.8 Å². The van der Waals surface area contributed by atoms with Gasteiger partial charge in [-0.2, -0.15) is 0 Å². The summed E-state index contributed by atoms with van der Waals surface area (Å²) in [5.41, 5.74) is 5.01. The number of carbonyl (C=O) groups excluding carboxylic acids is 1. The second-order valence-electron chi connectivity index (χ2n) is 3.29. The SMILES string of the molecule is CCOCC(O)CNC(C)CC(N)=O. The summed E-state index contributed by atoms with van der Waals surface area (Å²) < 4.78 is 5.03. The smallest absolute Gasteiger partial charge is 0.218 e. The number of hydrogen-bond donors (Lipinski definition) is 3. The highest BCUT2D eigenvalue weighted by Gasteiger charge is 2.08. The van der Waals surface area contributed by atoms with Crippen LogP contribution in [0.5, 0.6) is 0 Å². The Balaban J connectivity index is 3.45. The van der Waals surface area contributed by atoms with E-state index in [9.17, 15) is 9.90 Å². The van der Waals surface area contributed by atoms with Gasteiger partial charge < -0.3 is 20.9 Å². The van der Waals surface area contributed by atoms with Crippen molar-refractivity contribution in [2.45, 2.75) is 32.4 Å². The van der Waals surface area contributed by atoms with Crippen molar-refractivity contribution in [3.8, 4) is 0 Å². The zero-order valence-electron chi connectivity index (χ0n) is 8.82. The van der Waals surface area contributed by atoms with Crippen molar-refractivity contribution in [2.75, 3.05) is 19.8 Å². The van der Waals surface area contributed by atoms with E-state index in [0.717, 1.165) is 0 Å². The van der Waals surface area contributed by atoms with Gasteiger partial charge in [-0.05, 0) is 13.8 Å². The summed E-state index contributed by atoms with van der Waals surface area (Å²) in [5, 5.41) is 12.4. The van der Waals surface area contributed by atoms with E-state index >= 15 is 0 Å². The van der Waals surface area contributed by atoms with Crippen molar-refractivity contribution in [2.24, 2.45) is 5.73 Å². The van der Waals surface area contributed by atoms with Crippen LogP contribution in [0.25, 0.3) is 0 Å². The van der Waals surface area contributed by atoms with Crippen molar-refractivity contribution >= 4 is 5.91 Å². The molecule has 0 rings (SSSR count). The Morgan fingerprint density at radius 1 is 1.64 bits per heavy atom. The summed E-state index contributed by atoms with van der Waals surface area (Å²) in [6.45, 7) is 5.03. The normalized spacial score (nSPS) is 15.1. The standard InChI is InChI=1S/C9H20N2O3/c1-3-14-6-8(12)5-11-7(2)4-9(10)13/h7-8,11-12H,3-6H2,1-2H3,(H2,10,13). The van der Waals surface area contributed by atoms with Gasteiger partial charge in [0.2, 0.25) is 5.91 Å². The summed E-state index contributed by atoms with van der Waals surface area (Å²) in [5.74, 6) is -0.343. The minimum atomic E-state index is -0.537. The molecule has 84 valence electrons. The first-order valence-electron chi connectivity index (χ1n) is 4.83. The van der Waals surface area contributed by atoms with E-state index in [-0.39, 0.29) is 18.4 Å². The van der Waals surface area contributed by atoms with Crippen molar-refractivity contribution < 1.29 is 14.6 Å². The molecule has 0 spiro atoms.